The number of ether oxygens (including phenoxy) is 3. The van der Waals surface area contributed by atoms with Crippen molar-refractivity contribution in [1.82, 2.24) is 16.1 Å². The Morgan fingerprint density at radius 3 is 2.62 bits per heavy atom. The van der Waals surface area contributed by atoms with E-state index in [4.69, 9.17) is 25.8 Å². The van der Waals surface area contributed by atoms with Gasteiger partial charge in [0, 0.05) is 38.6 Å². The number of hydrogen-bond acceptors (Lipinski definition) is 8. The smallest absolute Gasteiger partial charge is 0.258 e. The summed E-state index contributed by atoms with van der Waals surface area (Å²) in [6, 6.07) is 12.9. The molecule has 39 heavy (non-hydrogen) atoms. The maximum absolute atomic E-state index is 12.4. The molecule has 3 rings (SSSR count). The van der Waals surface area contributed by atoms with Gasteiger partial charge in [0.1, 0.15) is 24.2 Å². The van der Waals surface area contributed by atoms with Gasteiger partial charge in [-0.2, -0.15) is 5.10 Å². The summed E-state index contributed by atoms with van der Waals surface area (Å²) in [6.45, 7) is 5.07. The van der Waals surface area contributed by atoms with Crippen LogP contribution in [0.2, 0.25) is 5.02 Å². The molecule has 212 valence electrons. The average Bonchev–Trinajstić information content (AvgIpc) is 2.93. The molecule has 0 radical (unpaired) electrons. The lowest BCUT2D eigenvalue weighted by atomic mass is 10.0. The second-order valence-electron chi connectivity index (χ2n) is 9.92. The number of hydrogen-bond donors (Lipinski definition) is 4. The molecule has 0 aliphatic carbocycles. The van der Waals surface area contributed by atoms with Crippen molar-refractivity contribution in [3.63, 3.8) is 0 Å². The summed E-state index contributed by atoms with van der Waals surface area (Å²) in [7, 11) is 1.67. The van der Waals surface area contributed by atoms with Crippen LogP contribution in [-0.2, 0) is 20.7 Å². The van der Waals surface area contributed by atoms with Crippen molar-refractivity contribution in [2.24, 2.45) is 5.10 Å². The van der Waals surface area contributed by atoms with Crippen molar-refractivity contribution in [3.05, 3.63) is 58.6 Å². The molecule has 0 fully saturated rings. The fourth-order valence-corrected chi connectivity index (χ4v) is 3.91. The normalized spacial score (nSPS) is 14.3. The van der Waals surface area contributed by atoms with E-state index in [1.807, 2.05) is 38.1 Å². The van der Waals surface area contributed by atoms with Gasteiger partial charge in [-0.25, -0.2) is 5.43 Å². The lowest BCUT2D eigenvalue weighted by Gasteiger charge is -2.28. The molecule has 1 aliphatic heterocycles. The molecular formula is C28H37ClN4O6. The van der Waals surface area contributed by atoms with Gasteiger partial charge in [0.25, 0.3) is 5.91 Å². The fraction of sp³-hybridized carbons (Fsp3) is 0.464. The van der Waals surface area contributed by atoms with Gasteiger partial charge in [-0.1, -0.05) is 23.7 Å². The van der Waals surface area contributed by atoms with Crippen molar-refractivity contribution >= 4 is 29.1 Å². The van der Waals surface area contributed by atoms with Crippen LogP contribution in [0.5, 0.6) is 11.5 Å². The van der Waals surface area contributed by atoms with Crippen molar-refractivity contribution in [1.29, 1.82) is 0 Å². The maximum atomic E-state index is 12.4. The van der Waals surface area contributed by atoms with E-state index in [2.05, 4.69) is 21.2 Å². The van der Waals surface area contributed by atoms with Crippen molar-refractivity contribution in [2.45, 2.75) is 44.8 Å². The van der Waals surface area contributed by atoms with Crippen LogP contribution in [0.3, 0.4) is 0 Å². The lowest BCUT2D eigenvalue weighted by Crippen LogP contribution is -2.52. The molecule has 11 heteroatoms. The Balaban J connectivity index is 1.35. The summed E-state index contributed by atoms with van der Waals surface area (Å²) in [4.78, 5) is 23.6. The first kappa shape index (κ1) is 30.4. The molecule has 1 unspecified atom stereocenters. The third-order valence-corrected chi connectivity index (χ3v) is 6.33. The Morgan fingerprint density at radius 1 is 1.18 bits per heavy atom. The summed E-state index contributed by atoms with van der Waals surface area (Å²) < 4.78 is 16.3. The number of benzene rings is 2. The molecule has 1 heterocycles. The number of nitrogens with one attached hydrogen (secondary N) is 3. The third kappa shape index (κ3) is 10.5. The molecule has 0 saturated heterocycles. The number of methoxy groups -OCH3 is 1. The van der Waals surface area contributed by atoms with E-state index in [0.29, 0.717) is 49.1 Å². The van der Waals surface area contributed by atoms with Crippen LogP contribution in [0.25, 0.3) is 0 Å². The highest BCUT2D eigenvalue weighted by Gasteiger charge is 2.20. The number of carbonyl (C=O) groups excluding carboxylic acids is 2. The summed E-state index contributed by atoms with van der Waals surface area (Å²) in [6.07, 6.45) is 1.01. The van der Waals surface area contributed by atoms with Crippen LogP contribution in [0.4, 0.5) is 0 Å². The first-order valence-corrected chi connectivity index (χ1v) is 13.2. The first-order valence-electron chi connectivity index (χ1n) is 12.8. The number of aliphatic hydroxyl groups is 1. The van der Waals surface area contributed by atoms with Gasteiger partial charge in [0.2, 0.25) is 5.91 Å². The molecule has 2 amide bonds. The van der Waals surface area contributed by atoms with E-state index < -0.39 is 11.6 Å². The van der Waals surface area contributed by atoms with Crippen LogP contribution in [0.1, 0.15) is 37.8 Å². The summed E-state index contributed by atoms with van der Waals surface area (Å²) >= 11 is 6.32. The summed E-state index contributed by atoms with van der Waals surface area (Å²) in [5, 5.41) is 20.8. The van der Waals surface area contributed by atoms with Crippen LogP contribution in [0, 0.1) is 0 Å². The number of carbonyl (C=O) groups is 2. The third-order valence-electron chi connectivity index (χ3n) is 6.03. The van der Waals surface area contributed by atoms with E-state index >= 15 is 0 Å². The van der Waals surface area contributed by atoms with Crippen molar-refractivity contribution < 1.29 is 28.9 Å². The largest absolute Gasteiger partial charge is 0.491 e. The molecule has 10 nitrogen and oxygen atoms in total. The Hall–Kier alpha value is -3.18. The molecule has 0 spiro atoms. The Bertz CT molecular complexity index is 1140. The van der Waals surface area contributed by atoms with Gasteiger partial charge in [0.15, 0.2) is 6.61 Å². The molecule has 1 aliphatic rings. The SMILES string of the molecule is COCCc1ccc(OCC(O)CNC(C)(C)CNC(=O)COc2ccc(C3=NNC(=O)CC3)cc2Cl)cc1. The number of amides is 2. The molecule has 2 aromatic carbocycles. The number of rotatable bonds is 15. The van der Waals surface area contributed by atoms with Crippen molar-refractivity contribution in [2.75, 3.05) is 40.0 Å². The highest BCUT2D eigenvalue weighted by molar-refractivity contribution is 6.32. The summed E-state index contributed by atoms with van der Waals surface area (Å²) in [5.74, 6) is 0.645. The Labute approximate surface area is 234 Å². The second-order valence-corrected chi connectivity index (χ2v) is 10.3. The number of hydrazone groups is 1. The topological polar surface area (TPSA) is 131 Å². The Kier molecular flexibility index (Phi) is 11.5. The number of β-amino-alcohol motifs (C(OH)–C–C–N with tert-alkyl or cyclic N) is 1. The van der Waals surface area contributed by atoms with Gasteiger partial charge in [-0.15, -0.1) is 0 Å². The predicted octanol–water partition coefficient (Wildman–Crippen LogP) is 2.45. The van der Waals surface area contributed by atoms with Crippen LogP contribution in [-0.4, -0.2) is 74.3 Å². The molecular weight excluding hydrogens is 524 g/mol. The zero-order chi connectivity index (χ0) is 28.3. The van der Waals surface area contributed by atoms with E-state index in [0.717, 1.165) is 23.3 Å². The maximum Gasteiger partial charge on any atom is 0.258 e. The zero-order valence-corrected chi connectivity index (χ0v) is 23.3. The average molecular weight is 561 g/mol. The minimum absolute atomic E-state index is 0.115. The number of nitrogens with zero attached hydrogens (tertiary/aromatic N) is 1. The van der Waals surface area contributed by atoms with E-state index in [1.54, 1.807) is 25.3 Å². The standard InChI is InChI=1S/C28H37ClN4O6/c1-28(2,31-15-21(34)16-38-22-7-4-19(5-8-22)12-13-37-3)18-30-27(36)17-39-25-10-6-20(14-23(25)29)24-9-11-26(35)33-32-24/h4-8,10,14,21,31,34H,9,11-13,15-18H2,1-3H3,(H,30,36)(H,33,35). The molecule has 4 N–H and O–H groups in total. The Morgan fingerprint density at radius 2 is 1.95 bits per heavy atom. The second kappa shape index (κ2) is 14.8. The quantitative estimate of drug-likeness (QED) is 0.263. The van der Waals surface area contributed by atoms with Crippen LogP contribution >= 0.6 is 11.6 Å². The van der Waals surface area contributed by atoms with E-state index in [1.165, 1.54) is 0 Å². The lowest BCUT2D eigenvalue weighted by molar-refractivity contribution is -0.123. The van der Waals surface area contributed by atoms with E-state index in [-0.39, 0.29) is 25.0 Å². The molecule has 0 bridgehead atoms. The predicted molar refractivity (Wildman–Crippen MR) is 149 cm³/mol. The number of aliphatic hydroxyl groups excluding tert-OH is 1. The molecule has 0 saturated carbocycles. The molecule has 0 aromatic heterocycles. The minimum Gasteiger partial charge on any atom is -0.491 e. The fourth-order valence-electron chi connectivity index (χ4n) is 3.67. The zero-order valence-electron chi connectivity index (χ0n) is 22.6. The van der Waals surface area contributed by atoms with Gasteiger partial charge in [-0.05, 0) is 61.7 Å². The van der Waals surface area contributed by atoms with Gasteiger partial charge in [0.05, 0.1) is 17.3 Å². The van der Waals surface area contributed by atoms with Crippen LogP contribution < -0.4 is 25.5 Å². The first-order chi connectivity index (χ1) is 18.6. The highest BCUT2D eigenvalue weighted by Crippen LogP contribution is 2.26. The minimum atomic E-state index is -0.725. The highest BCUT2D eigenvalue weighted by atomic mass is 35.5. The van der Waals surface area contributed by atoms with Gasteiger partial charge < -0.3 is 30.0 Å². The van der Waals surface area contributed by atoms with E-state index in [9.17, 15) is 14.7 Å². The number of halogens is 1. The van der Waals surface area contributed by atoms with Crippen LogP contribution in [0.15, 0.2) is 47.6 Å². The monoisotopic (exact) mass is 560 g/mol. The molecule has 2 aromatic rings. The van der Waals surface area contributed by atoms with Crippen molar-refractivity contribution in [3.8, 4) is 11.5 Å². The van der Waals surface area contributed by atoms with Gasteiger partial charge in [-0.3, -0.25) is 9.59 Å². The summed E-state index contributed by atoms with van der Waals surface area (Å²) in [5.41, 5.74) is 4.66. The van der Waals surface area contributed by atoms with Gasteiger partial charge >= 0.3 is 0 Å². The molecule has 1 atom stereocenters.